The number of benzene rings is 2. The first kappa shape index (κ1) is 20.4. The average molecular weight is 438 g/mol. The zero-order valence-electron chi connectivity index (χ0n) is 16.8. The van der Waals surface area contributed by atoms with Gasteiger partial charge in [0.05, 0.1) is 5.39 Å². The van der Waals surface area contributed by atoms with E-state index in [0.717, 1.165) is 11.1 Å². The van der Waals surface area contributed by atoms with Gasteiger partial charge in [-0.1, -0.05) is 47.6 Å². The number of rotatable bonds is 5. The first-order valence-electron chi connectivity index (χ1n) is 9.38. The molecule has 2 aromatic carbocycles. The van der Waals surface area contributed by atoms with Gasteiger partial charge in [-0.2, -0.15) is 0 Å². The molecule has 4 rings (SSSR count). The number of hydrogen-bond acceptors (Lipinski definition) is 4. The van der Waals surface area contributed by atoms with Crippen LogP contribution in [0.2, 0.25) is 5.02 Å². The molecule has 0 saturated heterocycles. The van der Waals surface area contributed by atoms with Gasteiger partial charge in [0, 0.05) is 35.9 Å². The summed E-state index contributed by atoms with van der Waals surface area (Å²) in [5.41, 5.74) is 3.79. The monoisotopic (exact) mass is 437 g/mol. The Bertz CT molecular complexity index is 1310. The van der Waals surface area contributed by atoms with Gasteiger partial charge in [0.15, 0.2) is 10.9 Å². The van der Waals surface area contributed by atoms with Crippen LogP contribution in [0.1, 0.15) is 27.0 Å². The van der Waals surface area contributed by atoms with Crippen molar-refractivity contribution in [1.82, 2.24) is 14.1 Å². The Morgan fingerprint density at radius 1 is 1.07 bits per heavy atom. The minimum atomic E-state index is -0.0461. The van der Waals surface area contributed by atoms with Crippen LogP contribution in [0.25, 0.3) is 11.0 Å². The lowest BCUT2D eigenvalue weighted by Gasteiger charge is -2.09. The molecule has 0 bridgehead atoms. The van der Waals surface area contributed by atoms with E-state index < -0.39 is 0 Å². The summed E-state index contributed by atoms with van der Waals surface area (Å²) in [5.74, 6) is -0.0461. The van der Waals surface area contributed by atoms with Crippen molar-refractivity contribution in [2.45, 2.75) is 18.6 Å². The van der Waals surface area contributed by atoms with Crippen molar-refractivity contribution >= 4 is 40.2 Å². The van der Waals surface area contributed by atoms with Crippen molar-refractivity contribution in [3.05, 3.63) is 92.4 Å². The number of carbonyl (C=O) groups is 1. The van der Waals surface area contributed by atoms with E-state index in [0.29, 0.717) is 38.9 Å². The normalized spacial score (nSPS) is 11.2. The third-order valence-corrected chi connectivity index (χ3v) is 6.09. The van der Waals surface area contributed by atoms with Crippen molar-refractivity contribution in [3.8, 4) is 0 Å². The summed E-state index contributed by atoms with van der Waals surface area (Å²) in [6.45, 7) is 2.49. The lowest BCUT2D eigenvalue weighted by atomic mass is 10.0. The molecule has 0 radical (unpaired) electrons. The molecule has 0 amide bonds. The van der Waals surface area contributed by atoms with E-state index in [1.165, 1.54) is 11.8 Å². The predicted octanol–water partition coefficient (Wildman–Crippen LogP) is 4.70. The van der Waals surface area contributed by atoms with Gasteiger partial charge in [-0.05, 0) is 48.6 Å². The van der Waals surface area contributed by atoms with Crippen LogP contribution in [0, 0.1) is 6.92 Å². The lowest BCUT2D eigenvalue weighted by Crippen LogP contribution is -2.20. The summed E-state index contributed by atoms with van der Waals surface area (Å²) >= 11 is 7.35. The smallest absolute Gasteiger partial charge is 0.263 e. The molecule has 2 aromatic heterocycles. The van der Waals surface area contributed by atoms with E-state index in [9.17, 15) is 9.59 Å². The maximum Gasteiger partial charge on any atom is 0.263 e. The van der Waals surface area contributed by atoms with E-state index in [-0.39, 0.29) is 11.3 Å². The summed E-state index contributed by atoms with van der Waals surface area (Å²) in [7, 11) is 1.74. The Labute approximate surface area is 183 Å². The number of aromatic nitrogens is 3. The van der Waals surface area contributed by atoms with Crippen LogP contribution in [0.15, 0.2) is 64.7 Å². The molecule has 0 saturated carbocycles. The van der Waals surface area contributed by atoms with Crippen molar-refractivity contribution in [2.75, 3.05) is 6.26 Å². The lowest BCUT2D eigenvalue weighted by molar-refractivity contribution is 0.103. The molecular weight excluding hydrogens is 418 g/mol. The first-order chi connectivity index (χ1) is 14.4. The van der Waals surface area contributed by atoms with Crippen LogP contribution in [0.3, 0.4) is 0 Å². The Hall–Kier alpha value is -2.83. The summed E-state index contributed by atoms with van der Waals surface area (Å²) in [6, 6.07) is 14.4. The highest BCUT2D eigenvalue weighted by atomic mass is 35.5. The molecule has 152 valence electrons. The van der Waals surface area contributed by atoms with Crippen LogP contribution < -0.4 is 5.56 Å². The summed E-state index contributed by atoms with van der Waals surface area (Å²) < 4.78 is 3.57. The number of carbonyl (C=O) groups excluding carboxylic acids is 1. The molecule has 5 nitrogen and oxygen atoms in total. The summed E-state index contributed by atoms with van der Waals surface area (Å²) in [4.78, 5) is 30.1. The van der Waals surface area contributed by atoms with Gasteiger partial charge in [0.1, 0.15) is 5.65 Å². The van der Waals surface area contributed by atoms with Crippen LogP contribution >= 0.6 is 23.4 Å². The second kappa shape index (κ2) is 8.13. The van der Waals surface area contributed by atoms with E-state index in [1.807, 2.05) is 48.2 Å². The fourth-order valence-electron chi connectivity index (χ4n) is 3.51. The average Bonchev–Trinajstić information content (AvgIpc) is 3.06. The second-order valence-corrected chi connectivity index (χ2v) is 8.34. The SMILES string of the molecule is CSc1nc2c(c(C)cn2Cc2ccc(C(=O)c3ccc(Cl)cc3)cc2)c(=O)n1C. The molecule has 0 aliphatic carbocycles. The largest absolute Gasteiger partial charge is 0.328 e. The standard InChI is InChI=1S/C23H20ClN3O2S/c1-14-12-27(21-19(14)22(29)26(2)23(25-21)30-3)13-15-4-6-16(7-5-15)20(28)17-8-10-18(24)11-9-17/h4-12H,13H2,1-3H3. The molecule has 0 N–H and O–H groups in total. The van der Waals surface area contributed by atoms with Gasteiger partial charge in [-0.25, -0.2) is 4.98 Å². The Morgan fingerprint density at radius 3 is 2.27 bits per heavy atom. The quantitative estimate of drug-likeness (QED) is 0.258. The number of fused-ring (bicyclic) bond motifs is 1. The van der Waals surface area contributed by atoms with Gasteiger partial charge in [-0.3, -0.25) is 14.2 Å². The highest BCUT2D eigenvalue weighted by Gasteiger charge is 2.15. The molecule has 0 spiro atoms. The third kappa shape index (κ3) is 3.68. The van der Waals surface area contributed by atoms with E-state index in [4.69, 9.17) is 11.6 Å². The Kier molecular flexibility index (Phi) is 5.54. The van der Waals surface area contributed by atoms with Crippen LogP contribution in [0.5, 0.6) is 0 Å². The number of thioether (sulfide) groups is 1. The van der Waals surface area contributed by atoms with Crippen LogP contribution in [-0.4, -0.2) is 26.2 Å². The van der Waals surface area contributed by atoms with Gasteiger partial charge >= 0.3 is 0 Å². The fraction of sp³-hybridized carbons (Fsp3) is 0.174. The molecule has 0 fully saturated rings. The molecule has 0 atom stereocenters. The highest BCUT2D eigenvalue weighted by Crippen LogP contribution is 2.21. The van der Waals surface area contributed by atoms with E-state index in [2.05, 4.69) is 4.98 Å². The Balaban J connectivity index is 1.64. The van der Waals surface area contributed by atoms with Gasteiger partial charge in [0.25, 0.3) is 5.56 Å². The molecule has 0 aliphatic rings. The molecular formula is C23H20ClN3O2S. The van der Waals surface area contributed by atoms with E-state index in [1.54, 1.807) is 35.9 Å². The van der Waals surface area contributed by atoms with Crippen LogP contribution in [-0.2, 0) is 13.6 Å². The molecule has 7 heteroatoms. The topological polar surface area (TPSA) is 56.9 Å². The summed E-state index contributed by atoms with van der Waals surface area (Å²) in [6.07, 6.45) is 3.86. The second-order valence-electron chi connectivity index (χ2n) is 7.13. The maximum absolute atomic E-state index is 12.7. The maximum atomic E-state index is 12.7. The van der Waals surface area contributed by atoms with E-state index >= 15 is 0 Å². The minimum absolute atomic E-state index is 0.0375. The number of nitrogens with zero attached hydrogens (tertiary/aromatic N) is 3. The zero-order valence-corrected chi connectivity index (χ0v) is 18.4. The van der Waals surface area contributed by atoms with Crippen molar-refractivity contribution in [1.29, 1.82) is 0 Å². The molecule has 2 heterocycles. The highest BCUT2D eigenvalue weighted by molar-refractivity contribution is 7.98. The number of hydrogen-bond donors (Lipinski definition) is 0. The van der Waals surface area contributed by atoms with Crippen molar-refractivity contribution in [3.63, 3.8) is 0 Å². The minimum Gasteiger partial charge on any atom is -0.328 e. The Morgan fingerprint density at radius 2 is 1.67 bits per heavy atom. The first-order valence-corrected chi connectivity index (χ1v) is 11.0. The zero-order chi connectivity index (χ0) is 21.4. The molecule has 30 heavy (non-hydrogen) atoms. The molecule has 0 unspecified atom stereocenters. The van der Waals surface area contributed by atoms with Crippen molar-refractivity contribution in [2.24, 2.45) is 7.05 Å². The number of halogens is 1. The van der Waals surface area contributed by atoms with Gasteiger partial charge in [0.2, 0.25) is 0 Å². The third-order valence-electron chi connectivity index (χ3n) is 5.10. The fourth-order valence-corrected chi connectivity index (χ4v) is 4.17. The predicted molar refractivity (Wildman–Crippen MR) is 122 cm³/mol. The number of ketones is 1. The molecule has 4 aromatic rings. The van der Waals surface area contributed by atoms with Gasteiger partial charge in [-0.15, -0.1) is 0 Å². The van der Waals surface area contributed by atoms with Crippen LogP contribution in [0.4, 0.5) is 0 Å². The van der Waals surface area contributed by atoms with Gasteiger partial charge < -0.3 is 4.57 Å². The summed E-state index contributed by atoms with van der Waals surface area (Å²) in [5, 5.41) is 1.92. The molecule has 0 aliphatic heterocycles. The van der Waals surface area contributed by atoms with Crippen molar-refractivity contribution < 1.29 is 4.79 Å². The number of aryl methyl sites for hydroxylation is 1.